The van der Waals surface area contributed by atoms with Crippen LogP contribution in [0.2, 0.25) is 0 Å². The van der Waals surface area contributed by atoms with Gasteiger partial charge in [0.05, 0.1) is 25.4 Å². The van der Waals surface area contributed by atoms with Crippen molar-refractivity contribution in [2.75, 3.05) is 13.2 Å². The number of allylic oxidation sites excluding steroid dienone is 3. The molecular formula is C68H131NO5. The van der Waals surface area contributed by atoms with E-state index in [0.29, 0.717) is 19.4 Å². The van der Waals surface area contributed by atoms with Gasteiger partial charge in [-0.2, -0.15) is 0 Å². The molecule has 2 atom stereocenters. The number of rotatable bonds is 63. The largest absolute Gasteiger partial charge is 0.466 e. The number of carbonyl (C=O) groups excluding carboxylic acids is 2. The van der Waals surface area contributed by atoms with Crippen molar-refractivity contribution in [2.45, 2.75) is 386 Å². The summed E-state index contributed by atoms with van der Waals surface area (Å²) < 4.78 is 5.49. The molecule has 0 aliphatic rings. The zero-order valence-electron chi connectivity index (χ0n) is 50.1. The first kappa shape index (κ1) is 72.3. The SMILES string of the molecule is CCCCCCCC/C=C\CCCCCCCC(=O)OCCCCCCCCCCCCCCCCCCCCCCCCCCCCCCCCCCCC(=O)NC(CO)C(O)/C=C/CCCCCCCCC. The Labute approximate surface area is 462 Å². The second-order valence-corrected chi connectivity index (χ2v) is 23.2. The summed E-state index contributed by atoms with van der Waals surface area (Å²) in [6.07, 6.45) is 79.9. The molecule has 438 valence electrons. The quantitative estimate of drug-likeness (QED) is 0.0320. The molecule has 0 fully saturated rings. The summed E-state index contributed by atoms with van der Waals surface area (Å²) >= 11 is 0. The highest BCUT2D eigenvalue weighted by Crippen LogP contribution is 2.18. The van der Waals surface area contributed by atoms with Crippen molar-refractivity contribution in [3.8, 4) is 0 Å². The molecule has 0 heterocycles. The zero-order valence-corrected chi connectivity index (χ0v) is 50.1. The summed E-state index contributed by atoms with van der Waals surface area (Å²) in [7, 11) is 0. The van der Waals surface area contributed by atoms with Gasteiger partial charge in [-0.05, 0) is 57.8 Å². The fraction of sp³-hybridized carbons (Fsp3) is 0.912. The number of aliphatic hydroxyl groups is 2. The highest BCUT2D eigenvalue weighted by molar-refractivity contribution is 5.76. The number of aliphatic hydroxyl groups excluding tert-OH is 2. The van der Waals surface area contributed by atoms with E-state index in [0.717, 1.165) is 44.9 Å². The van der Waals surface area contributed by atoms with Crippen molar-refractivity contribution in [3.05, 3.63) is 24.3 Å². The molecule has 0 aromatic heterocycles. The highest BCUT2D eigenvalue weighted by Gasteiger charge is 2.18. The Morgan fingerprint density at radius 1 is 0.365 bits per heavy atom. The minimum absolute atomic E-state index is 0.0138. The van der Waals surface area contributed by atoms with Crippen molar-refractivity contribution >= 4 is 11.9 Å². The van der Waals surface area contributed by atoms with Gasteiger partial charge >= 0.3 is 5.97 Å². The maximum atomic E-state index is 12.4. The first-order valence-corrected chi connectivity index (χ1v) is 33.6. The second-order valence-electron chi connectivity index (χ2n) is 23.2. The van der Waals surface area contributed by atoms with Crippen molar-refractivity contribution in [1.29, 1.82) is 0 Å². The van der Waals surface area contributed by atoms with E-state index in [9.17, 15) is 19.8 Å². The van der Waals surface area contributed by atoms with Crippen LogP contribution in [-0.4, -0.2) is 47.4 Å². The van der Waals surface area contributed by atoms with Gasteiger partial charge < -0.3 is 20.3 Å². The van der Waals surface area contributed by atoms with Crippen LogP contribution in [0.5, 0.6) is 0 Å². The normalized spacial score (nSPS) is 12.6. The molecule has 0 aromatic carbocycles. The molecule has 0 rings (SSSR count). The maximum Gasteiger partial charge on any atom is 0.305 e. The van der Waals surface area contributed by atoms with Crippen LogP contribution in [0.25, 0.3) is 0 Å². The van der Waals surface area contributed by atoms with E-state index in [2.05, 4.69) is 31.3 Å². The molecule has 0 spiro atoms. The van der Waals surface area contributed by atoms with Crippen LogP contribution in [0, 0.1) is 0 Å². The molecule has 6 heteroatoms. The Kier molecular flexibility index (Phi) is 62.4. The van der Waals surface area contributed by atoms with Gasteiger partial charge in [-0.3, -0.25) is 9.59 Å². The number of esters is 1. The van der Waals surface area contributed by atoms with Crippen molar-refractivity contribution < 1.29 is 24.5 Å². The van der Waals surface area contributed by atoms with E-state index in [-0.39, 0.29) is 18.5 Å². The van der Waals surface area contributed by atoms with Crippen LogP contribution in [0.15, 0.2) is 24.3 Å². The fourth-order valence-corrected chi connectivity index (χ4v) is 10.6. The Morgan fingerprint density at radius 3 is 0.959 bits per heavy atom. The first-order chi connectivity index (χ1) is 36.5. The number of hydrogen-bond acceptors (Lipinski definition) is 5. The highest BCUT2D eigenvalue weighted by atomic mass is 16.5. The van der Waals surface area contributed by atoms with Crippen LogP contribution >= 0.6 is 0 Å². The molecule has 0 saturated heterocycles. The second kappa shape index (κ2) is 63.9. The van der Waals surface area contributed by atoms with Crippen molar-refractivity contribution in [3.63, 3.8) is 0 Å². The molecule has 0 aliphatic carbocycles. The molecule has 0 radical (unpaired) electrons. The molecule has 1 amide bonds. The Bertz CT molecular complexity index is 1150. The van der Waals surface area contributed by atoms with Crippen LogP contribution in [0.3, 0.4) is 0 Å². The smallest absolute Gasteiger partial charge is 0.305 e. The van der Waals surface area contributed by atoms with Gasteiger partial charge in [-0.15, -0.1) is 0 Å². The van der Waals surface area contributed by atoms with Crippen LogP contribution in [0.1, 0.15) is 373 Å². The lowest BCUT2D eigenvalue weighted by Gasteiger charge is -2.20. The third kappa shape index (κ3) is 59.6. The van der Waals surface area contributed by atoms with Gasteiger partial charge in [0, 0.05) is 12.8 Å². The molecule has 6 nitrogen and oxygen atoms in total. The minimum Gasteiger partial charge on any atom is -0.466 e. The van der Waals surface area contributed by atoms with Gasteiger partial charge in [0.15, 0.2) is 0 Å². The third-order valence-electron chi connectivity index (χ3n) is 15.7. The molecule has 0 saturated carbocycles. The number of nitrogens with one attached hydrogen (secondary N) is 1. The summed E-state index contributed by atoms with van der Waals surface area (Å²) in [6, 6.07) is -0.621. The molecule has 2 unspecified atom stereocenters. The Balaban J connectivity index is 3.29. The fourth-order valence-electron chi connectivity index (χ4n) is 10.6. The summed E-state index contributed by atoms with van der Waals surface area (Å²) in [4.78, 5) is 24.5. The average molecular weight is 1040 g/mol. The first-order valence-electron chi connectivity index (χ1n) is 33.6. The predicted molar refractivity (Wildman–Crippen MR) is 324 cm³/mol. The van der Waals surface area contributed by atoms with Gasteiger partial charge in [-0.1, -0.05) is 327 Å². The summed E-state index contributed by atoms with van der Waals surface area (Å²) in [5, 5.41) is 23.0. The molecule has 0 aromatic rings. The number of ether oxygens (including phenoxy) is 1. The predicted octanol–water partition coefficient (Wildman–Crippen LogP) is 21.4. The van der Waals surface area contributed by atoms with E-state index < -0.39 is 12.1 Å². The Morgan fingerprint density at radius 2 is 0.635 bits per heavy atom. The van der Waals surface area contributed by atoms with E-state index in [4.69, 9.17) is 4.74 Å². The Hall–Kier alpha value is -1.66. The van der Waals surface area contributed by atoms with Gasteiger partial charge in [0.25, 0.3) is 0 Å². The zero-order chi connectivity index (χ0) is 53.6. The van der Waals surface area contributed by atoms with E-state index >= 15 is 0 Å². The van der Waals surface area contributed by atoms with E-state index in [1.807, 2.05) is 6.08 Å². The number of hydrogen-bond donors (Lipinski definition) is 3. The van der Waals surface area contributed by atoms with Crippen molar-refractivity contribution in [2.24, 2.45) is 0 Å². The number of amides is 1. The number of unbranched alkanes of at least 4 members (excludes halogenated alkanes) is 50. The van der Waals surface area contributed by atoms with Crippen molar-refractivity contribution in [1.82, 2.24) is 5.32 Å². The average Bonchev–Trinajstić information content (AvgIpc) is 3.40. The lowest BCUT2D eigenvalue weighted by Crippen LogP contribution is -2.45. The summed E-state index contributed by atoms with van der Waals surface area (Å²) in [5.41, 5.74) is 0. The summed E-state index contributed by atoms with van der Waals surface area (Å²) in [6.45, 7) is 4.89. The lowest BCUT2D eigenvalue weighted by atomic mass is 10.0. The monoisotopic (exact) mass is 1040 g/mol. The molecule has 3 N–H and O–H groups in total. The summed E-state index contributed by atoms with van der Waals surface area (Å²) in [5.74, 6) is -0.0508. The van der Waals surface area contributed by atoms with Crippen LogP contribution in [0.4, 0.5) is 0 Å². The van der Waals surface area contributed by atoms with Gasteiger partial charge in [-0.25, -0.2) is 0 Å². The standard InChI is InChI=1S/C68H131NO5/c1-3-5-7-9-11-13-14-15-35-39-42-46-50-54-58-62-68(73)74-63-59-55-51-47-43-40-37-34-32-30-28-26-24-22-20-18-16-17-19-21-23-25-27-29-31-33-36-38-41-45-49-53-57-61-67(72)69-65(64-70)66(71)60-56-52-48-44-12-10-8-6-4-2/h15,35,56,60,65-66,70-71H,3-14,16-34,36-55,57-59,61-64H2,1-2H3,(H,69,72)/b35-15-,60-56+. The van der Waals surface area contributed by atoms with Gasteiger partial charge in [0.1, 0.15) is 0 Å². The van der Waals surface area contributed by atoms with E-state index in [1.165, 1.54) is 302 Å². The maximum absolute atomic E-state index is 12.4. The van der Waals surface area contributed by atoms with E-state index in [1.54, 1.807) is 6.08 Å². The molecule has 74 heavy (non-hydrogen) atoms. The van der Waals surface area contributed by atoms with Crippen LogP contribution in [-0.2, 0) is 14.3 Å². The molecule has 0 bridgehead atoms. The lowest BCUT2D eigenvalue weighted by molar-refractivity contribution is -0.143. The molecular weight excluding hydrogens is 911 g/mol. The number of carbonyl (C=O) groups is 2. The minimum atomic E-state index is -0.838. The topological polar surface area (TPSA) is 95.9 Å². The van der Waals surface area contributed by atoms with Gasteiger partial charge in [0.2, 0.25) is 5.91 Å². The third-order valence-corrected chi connectivity index (χ3v) is 15.7. The molecule has 0 aliphatic heterocycles. The van der Waals surface area contributed by atoms with Crippen LogP contribution < -0.4 is 5.32 Å².